The van der Waals surface area contributed by atoms with E-state index in [0.29, 0.717) is 26.3 Å². The summed E-state index contributed by atoms with van der Waals surface area (Å²) in [6.07, 6.45) is -4.49. The second-order valence-corrected chi connectivity index (χ2v) is 5.41. The summed E-state index contributed by atoms with van der Waals surface area (Å²) in [5.74, 6) is -0.400. The molecule has 8 heteroatoms. The lowest BCUT2D eigenvalue weighted by Crippen LogP contribution is -2.47. The number of halogens is 4. The fraction of sp³-hybridized carbons (Fsp3) is 0.500. The highest BCUT2D eigenvalue weighted by Gasteiger charge is 2.31. The van der Waals surface area contributed by atoms with Crippen molar-refractivity contribution in [3.63, 3.8) is 0 Å². The smallest absolute Gasteiger partial charge is 0.379 e. The molecular formula is C14H16ClF3N2O2. The van der Waals surface area contributed by atoms with Crippen molar-refractivity contribution in [2.45, 2.75) is 19.1 Å². The number of alkyl halides is 3. The molecule has 1 aliphatic heterocycles. The van der Waals surface area contributed by atoms with Crippen LogP contribution in [0.4, 0.5) is 18.9 Å². The van der Waals surface area contributed by atoms with Crippen LogP contribution >= 0.6 is 11.6 Å². The lowest BCUT2D eigenvalue weighted by Gasteiger charge is -2.31. The van der Waals surface area contributed by atoms with Gasteiger partial charge in [0.2, 0.25) is 5.91 Å². The van der Waals surface area contributed by atoms with Crippen molar-refractivity contribution in [1.29, 1.82) is 0 Å². The van der Waals surface area contributed by atoms with Gasteiger partial charge in [0, 0.05) is 13.1 Å². The number of hydrogen-bond acceptors (Lipinski definition) is 3. The molecule has 0 unspecified atom stereocenters. The summed E-state index contributed by atoms with van der Waals surface area (Å²) in [6, 6.07) is 2.37. The molecule has 1 aromatic carbocycles. The van der Waals surface area contributed by atoms with Gasteiger partial charge in [0.25, 0.3) is 0 Å². The molecule has 0 bridgehead atoms. The molecule has 0 spiro atoms. The second-order valence-electron chi connectivity index (χ2n) is 5.01. The Labute approximate surface area is 131 Å². The van der Waals surface area contributed by atoms with Crippen LogP contribution < -0.4 is 5.32 Å². The molecule has 122 valence electrons. The Balaban J connectivity index is 2.10. The van der Waals surface area contributed by atoms with E-state index in [-0.39, 0.29) is 10.7 Å². The first-order valence-electron chi connectivity index (χ1n) is 6.78. The maximum Gasteiger partial charge on any atom is 0.416 e. The van der Waals surface area contributed by atoms with Crippen LogP contribution in [0.3, 0.4) is 0 Å². The third kappa shape index (κ3) is 4.12. The van der Waals surface area contributed by atoms with E-state index in [1.165, 1.54) is 0 Å². The van der Waals surface area contributed by atoms with Crippen LogP contribution in [0.15, 0.2) is 18.2 Å². The molecule has 1 atom stereocenters. The number of benzene rings is 1. The minimum atomic E-state index is -4.49. The summed E-state index contributed by atoms with van der Waals surface area (Å²) in [6.45, 7) is 3.96. The van der Waals surface area contributed by atoms with Gasteiger partial charge >= 0.3 is 6.18 Å². The van der Waals surface area contributed by atoms with Gasteiger partial charge in [-0.3, -0.25) is 9.69 Å². The number of nitrogens with one attached hydrogen (secondary N) is 1. The van der Waals surface area contributed by atoms with E-state index in [4.69, 9.17) is 16.3 Å². The molecule has 0 aromatic heterocycles. The predicted octanol–water partition coefficient (Wildman–Crippen LogP) is 3.02. The number of anilines is 1. The highest BCUT2D eigenvalue weighted by Crippen LogP contribution is 2.33. The largest absolute Gasteiger partial charge is 0.416 e. The van der Waals surface area contributed by atoms with Crippen LogP contribution in [-0.2, 0) is 15.7 Å². The van der Waals surface area contributed by atoms with Crippen molar-refractivity contribution >= 4 is 23.2 Å². The molecule has 22 heavy (non-hydrogen) atoms. The quantitative estimate of drug-likeness (QED) is 0.922. The molecule has 0 radical (unpaired) electrons. The number of amides is 1. The lowest BCUT2D eigenvalue weighted by atomic mass is 10.1. The van der Waals surface area contributed by atoms with E-state index in [0.717, 1.165) is 18.2 Å². The van der Waals surface area contributed by atoms with Gasteiger partial charge < -0.3 is 10.1 Å². The average molecular weight is 337 g/mol. The minimum Gasteiger partial charge on any atom is -0.379 e. The van der Waals surface area contributed by atoms with E-state index in [1.54, 1.807) is 6.92 Å². The summed E-state index contributed by atoms with van der Waals surface area (Å²) in [7, 11) is 0. The predicted molar refractivity (Wildman–Crippen MR) is 76.9 cm³/mol. The number of carbonyl (C=O) groups is 1. The molecule has 1 heterocycles. The van der Waals surface area contributed by atoms with Crippen molar-refractivity contribution in [2.24, 2.45) is 0 Å². The highest BCUT2D eigenvalue weighted by atomic mass is 35.5. The molecule has 1 N–H and O–H groups in total. The van der Waals surface area contributed by atoms with Gasteiger partial charge in [0.1, 0.15) is 0 Å². The molecular weight excluding hydrogens is 321 g/mol. The van der Waals surface area contributed by atoms with E-state index in [9.17, 15) is 18.0 Å². The van der Waals surface area contributed by atoms with Gasteiger partial charge in [0.05, 0.1) is 35.5 Å². The number of carbonyl (C=O) groups excluding carboxylic acids is 1. The highest BCUT2D eigenvalue weighted by molar-refractivity contribution is 6.33. The van der Waals surface area contributed by atoms with E-state index >= 15 is 0 Å². The summed E-state index contributed by atoms with van der Waals surface area (Å²) >= 11 is 5.87. The van der Waals surface area contributed by atoms with Crippen molar-refractivity contribution < 1.29 is 22.7 Å². The normalized spacial score (nSPS) is 18.0. The van der Waals surface area contributed by atoms with Gasteiger partial charge in [-0.15, -0.1) is 0 Å². The molecule has 1 aliphatic rings. The van der Waals surface area contributed by atoms with Crippen molar-refractivity contribution in [3.8, 4) is 0 Å². The van der Waals surface area contributed by atoms with Crippen LogP contribution in [0.5, 0.6) is 0 Å². The van der Waals surface area contributed by atoms with Crippen LogP contribution in [0.1, 0.15) is 12.5 Å². The zero-order valence-electron chi connectivity index (χ0n) is 11.9. The summed E-state index contributed by atoms with van der Waals surface area (Å²) < 4.78 is 43.3. The van der Waals surface area contributed by atoms with Crippen LogP contribution in [0.2, 0.25) is 5.02 Å². The monoisotopic (exact) mass is 336 g/mol. The Bertz CT molecular complexity index is 545. The number of hydrogen-bond donors (Lipinski definition) is 1. The van der Waals surface area contributed by atoms with Crippen LogP contribution in [0.25, 0.3) is 0 Å². The van der Waals surface area contributed by atoms with E-state index in [1.807, 2.05) is 4.90 Å². The van der Waals surface area contributed by atoms with Crippen molar-refractivity contribution in [3.05, 3.63) is 28.8 Å². The maximum absolute atomic E-state index is 12.7. The van der Waals surface area contributed by atoms with Gasteiger partial charge in [-0.25, -0.2) is 0 Å². The zero-order valence-corrected chi connectivity index (χ0v) is 12.7. The SMILES string of the molecule is C[C@@H](C(=O)Nc1cc(C(F)(F)F)ccc1Cl)N1CCOCC1. The first kappa shape index (κ1) is 17.1. The number of nitrogens with zero attached hydrogens (tertiary/aromatic N) is 1. The number of rotatable bonds is 3. The Morgan fingerprint density at radius 2 is 2.00 bits per heavy atom. The maximum atomic E-state index is 12.7. The van der Waals surface area contributed by atoms with E-state index in [2.05, 4.69) is 5.32 Å². The Morgan fingerprint density at radius 1 is 1.36 bits per heavy atom. The fourth-order valence-electron chi connectivity index (χ4n) is 2.17. The molecule has 1 saturated heterocycles. The standard InChI is InChI=1S/C14H16ClF3N2O2/c1-9(20-4-6-22-7-5-20)13(21)19-12-8-10(14(16,17)18)2-3-11(12)15/h2-3,8-9H,4-7H2,1H3,(H,19,21)/t9-/m0/s1. The summed E-state index contributed by atoms with van der Waals surface area (Å²) in [5.41, 5.74) is -0.896. The average Bonchev–Trinajstić information content (AvgIpc) is 2.48. The Hall–Kier alpha value is -1.31. The Kier molecular flexibility index (Phi) is 5.31. The van der Waals surface area contributed by atoms with Crippen molar-refractivity contribution in [2.75, 3.05) is 31.6 Å². The molecule has 4 nitrogen and oxygen atoms in total. The number of ether oxygens (including phenoxy) is 1. The topological polar surface area (TPSA) is 41.6 Å². The summed E-state index contributed by atoms with van der Waals surface area (Å²) in [4.78, 5) is 14.1. The third-order valence-electron chi connectivity index (χ3n) is 3.52. The Morgan fingerprint density at radius 3 is 2.59 bits per heavy atom. The van der Waals surface area contributed by atoms with Gasteiger partial charge in [-0.1, -0.05) is 11.6 Å². The molecule has 2 rings (SSSR count). The van der Waals surface area contributed by atoms with Gasteiger partial charge in [-0.2, -0.15) is 13.2 Å². The summed E-state index contributed by atoms with van der Waals surface area (Å²) in [5, 5.41) is 2.53. The lowest BCUT2D eigenvalue weighted by molar-refractivity contribution is -0.137. The molecule has 1 aromatic rings. The third-order valence-corrected chi connectivity index (χ3v) is 3.85. The van der Waals surface area contributed by atoms with Crippen molar-refractivity contribution in [1.82, 2.24) is 4.90 Å². The van der Waals surface area contributed by atoms with E-state index < -0.39 is 23.7 Å². The molecule has 1 amide bonds. The first-order chi connectivity index (χ1) is 10.3. The fourth-order valence-corrected chi connectivity index (χ4v) is 2.33. The second kappa shape index (κ2) is 6.85. The number of morpholine rings is 1. The molecule has 0 saturated carbocycles. The molecule has 1 fully saturated rings. The zero-order chi connectivity index (χ0) is 16.3. The van der Waals surface area contributed by atoms with Crippen LogP contribution in [0, 0.1) is 0 Å². The van der Waals surface area contributed by atoms with Crippen LogP contribution in [-0.4, -0.2) is 43.2 Å². The van der Waals surface area contributed by atoms with Gasteiger partial charge in [-0.05, 0) is 25.1 Å². The first-order valence-corrected chi connectivity index (χ1v) is 7.16. The minimum absolute atomic E-state index is 0.0402. The molecule has 0 aliphatic carbocycles. The van der Waals surface area contributed by atoms with Gasteiger partial charge in [0.15, 0.2) is 0 Å².